The minimum Gasteiger partial charge on any atom is -0.317 e. The van der Waals surface area contributed by atoms with Crippen LogP contribution >= 0.6 is 0 Å². The predicted octanol–water partition coefficient (Wildman–Crippen LogP) is 2.01. The normalized spacial score (nSPS) is 18.6. The van der Waals surface area contributed by atoms with Crippen molar-refractivity contribution in [1.82, 2.24) is 15.1 Å². The van der Waals surface area contributed by atoms with Crippen LogP contribution in [-0.4, -0.2) is 22.9 Å². The number of hydrogen-bond donors (Lipinski definition) is 1. The van der Waals surface area contributed by atoms with Crippen molar-refractivity contribution in [3.63, 3.8) is 0 Å². The molecule has 0 radical (unpaired) electrons. The molecular weight excluding hydrogens is 186 g/mol. The minimum absolute atomic E-state index is 0.672. The molecule has 1 aromatic heterocycles. The Labute approximate surface area is 91.9 Å². The minimum atomic E-state index is 0.672. The Morgan fingerprint density at radius 3 is 2.87 bits per heavy atom. The first kappa shape index (κ1) is 10.7. The van der Waals surface area contributed by atoms with Crippen molar-refractivity contribution in [2.24, 2.45) is 5.92 Å². The Bertz CT molecular complexity index is 298. The number of nitrogens with one attached hydrogen (secondary N) is 1. The van der Waals surface area contributed by atoms with E-state index in [0.29, 0.717) is 11.8 Å². The van der Waals surface area contributed by atoms with Crippen molar-refractivity contribution in [3.8, 4) is 0 Å². The van der Waals surface area contributed by atoms with E-state index in [1.165, 1.54) is 18.5 Å². The molecule has 1 aromatic rings. The van der Waals surface area contributed by atoms with Gasteiger partial charge in [-0.25, -0.2) is 0 Å². The Balaban J connectivity index is 2.09. The second-order valence-corrected chi connectivity index (χ2v) is 4.86. The van der Waals surface area contributed by atoms with Gasteiger partial charge < -0.3 is 5.32 Å². The molecule has 1 N–H and O–H groups in total. The van der Waals surface area contributed by atoms with Crippen LogP contribution in [0.4, 0.5) is 0 Å². The van der Waals surface area contributed by atoms with E-state index in [9.17, 15) is 0 Å². The summed E-state index contributed by atoms with van der Waals surface area (Å²) in [5.41, 5.74) is 1.44. The summed E-state index contributed by atoms with van der Waals surface area (Å²) < 4.78 is 2.20. The molecule has 1 saturated heterocycles. The molecule has 3 nitrogen and oxygen atoms in total. The molecule has 0 spiro atoms. The first-order valence-corrected chi connectivity index (χ1v) is 6.00. The Hall–Kier alpha value is -0.830. The van der Waals surface area contributed by atoms with E-state index < -0.39 is 0 Å². The fourth-order valence-corrected chi connectivity index (χ4v) is 2.31. The molecule has 0 atom stereocenters. The van der Waals surface area contributed by atoms with Crippen LogP contribution in [0.15, 0.2) is 12.3 Å². The molecule has 0 saturated carbocycles. The SMILES string of the molecule is CC(C)Cn1nccc1C1CCNCC1. The topological polar surface area (TPSA) is 29.9 Å². The van der Waals surface area contributed by atoms with Crippen molar-refractivity contribution >= 4 is 0 Å². The molecule has 0 amide bonds. The maximum atomic E-state index is 4.43. The van der Waals surface area contributed by atoms with Crippen molar-refractivity contribution in [3.05, 3.63) is 18.0 Å². The third-order valence-corrected chi connectivity index (χ3v) is 3.04. The van der Waals surface area contributed by atoms with Crippen LogP contribution in [0.5, 0.6) is 0 Å². The molecule has 1 aliphatic rings. The lowest BCUT2D eigenvalue weighted by molar-refractivity contribution is 0.406. The lowest BCUT2D eigenvalue weighted by atomic mass is 9.94. The average Bonchev–Trinajstić information content (AvgIpc) is 2.66. The summed E-state index contributed by atoms with van der Waals surface area (Å²) in [5, 5.41) is 7.84. The molecule has 84 valence electrons. The van der Waals surface area contributed by atoms with Crippen LogP contribution < -0.4 is 5.32 Å². The third kappa shape index (κ3) is 2.59. The van der Waals surface area contributed by atoms with Crippen LogP contribution in [0.2, 0.25) is 0 Å². The van der Waals surface area contributed by atoms with Gasteiger partial charge in [0, 0.05) is 24.4 Å². The van der Waals surface area contributed by atoms with E-state index in [1.54, 1.807) is 0 Å². The summed E-state index contributed by atoms with van der Waals surface area (Å²) in [6.07, 6.45) is 4.45. The first-order chi connectivity index (χ1) is 7.27. The maximum Gasteiger partial charge on any atom is 0.0492 e. The van der Waals surface area contributed by atoms with Gasteiger partial charge >= 0.3 is 0 Å². The molecule has 2 rings (SSSR count). The fraction of sp³-hybridized carbons (Fsp3) is 0.750. The standard InChI is InChI=1S/C12H21N3/c1-10(2)9-15-12(5-8-14-15)11-3-6-13-7-4-11/h5,8,10-11,13H,3-4,6-7,9H2,1-2H3. The van der Waals surface area contributed by atoms with Crippen molar-refractivity contribution < 1.29 is 0 Å². The highest BCUT2D eigenvalue weighted by Crippen LogP contribution is 2.25. The zero-order valence-corrected chi connectivity index (χ0v) is 9.74. The second kappa shape index (κ2) is 4.79. The van der Waals surface area contributed by atoms with Crippen LogP contribution in [0.1, 0.15) is 38.3 Å². The van der Waals surface area contributed by atoms with Crippen LogP contribution in [0.25, 0.3) is 0 Å². The van der Waals surface area contributed by atoms with Crippen molar-refractivity contribution in [2.45, 2.75) is 39.2 Å². The second-order valence-electron chi connectivity index (χ2n) is 4.86. The molecule has 3 heteroatoms. The van der Waals surface area contributed by atoms with Gasteiger partial charge in [-0.1, -0.05) is 13.8 Å². The molecule has 2 heterocycles. The van der Waals surface area contributed by atoms with E-state index >= 15 is 0 Å². The highest BCUT2D eigenvalue weighted by atomic mass is 15.3. The summed E-state index contributed by atoms with van der Waals surface area (Å²) in [4.78, 5) is 0. The van der Waals surface area contributed by atoms with Crippen molar-refractivity contribution in [1.29, 1.82) is 0 Å². The van der Waals surface area contributed by atoms with Gasteiger partial charge in [-0.3, -0.25) is 4.68 Å². The highest BCUT2D eigenvalue weighted by molar-refractivity contribution is 5.09. The molecule has 0 unspecified atom stereocenters. The summed E-state index contributed by atoms with van der Waals surface area (Å²) >= 11 is 0. The van der Waals surface area contributed by atoms with E-state index in [0.717, 1.165) is 19.6 Å². The number of piperidine rings is 1. The molecule has 1 aliphatic heterocycles. The van der Waals surface area contributed by atoms with E-state index in [1.807, 2.05) is 6.20 Å². The lowest BCUT2D eigenvalue weighted by Crippen LogP contribution is -2.28. The van der Waals surface area contributed by atoms with E-state index in [-0.39, 0.29) is 0 Å². The lowest BCUT2D eigenvalue weighted by Gasteiger charge is -2.23. The van der Waals surface area contributed by atoms with Gasteiger partial charge in [0.1, 0.15) is 0 Å². The molecular formula is C12H21N3. The number of hydrogen-bond acceptors (Lipinski definition) is 2. The number of rotatable bonds is 3. The van der Waals surface area contributed by atoms with Gasteiger partial charge in [-0.2, -0.15) is 5.10 Å². The van der Waals surface area contributed by atoms with Gasteiger partial charge in [0.2, 0.25) is 0 Å². The Morgan fingerprint density at radius 2 is 2.20 bits per heavy atom. The first-order valence-electron chi connectivity index (χ1n) is 6.00. The van der Waals surface area contributed by atoms with Crippen LogP contribution in [0, 0.1) is 5.92 Å². The van der Waals surface area contributed by atoms with Gasteiger partial charge in [0.15, 0.2) is 0 Å². The average molecular weight is 207 g/mol. The summed E-state index contributed by atoms with van der Waals surface area (Å²) in [6, 6.07) is 2.19. The van der Waals surface area contributed by atoms with Crippen LogP contribution in [0.3, 0.4) is 0 Å². The summed E-state index contributed by atoms with van der Waals surface area (Å²) in [6.45, 7) is 7.84. The molecule has 0 aliphatic carbocycles. The van der Waals surface area contributed by atoms with Gasteiger partial charge in [-0.05, 0) is 37.9 Å². The van der Waals surface area contributed by atoms with E-state index in [4.69, 9.17) is 0 Å². The van der Waals surface area contributed by atoms with Crippen LogP contribution in [-0.2, 0) is 6.54 Å². The monoisotopic (exact) mass is 207 g/mol. The zero-order valence-electron chi connectivity index (χ0n) is 9.74. The molecule has 1 fully saturated rings. The Morgan fingerprint density at radius 1 is 1.47 bits per heavy atom. The third-order valence-electron chi connectivity index (χ3n) is 3.04. The molecule has 15 heavy (non-hydrogen) atoms. The number of aromatic nitrogens is 2. The predicted molar refractivity (Wildman–Crippen MR) is 61.9 cm³/mol. The molecule has 0 bridgehead atoms. The highest BCUT2D eigenvalue weighted by Gasteiger charge is 2.18. The summed E-state index contributed by atoms with van der Waals surface area (Å²) in [7, 11) is 0. The molecule has 0 aromatic carbocycles. The smallest absolute Gasteiger partial charge is 0.0492 e. The van der Waals surface area contributed by atoms with Gasteiger partial charge in [0.25, 0.3) is 0 Å². The largest absolute Gasteiger partial charge is 0.317 e. The van der Waals surface area contributed by atoms with Gasteiger partial charge in [-0.15, -0.1) is 0 Å². The summed E-state index contributed by atoms with van der Waals surface area (Å²) in [5.74, 6) is 1.39. The van der Waals surface area contributed by atoms with E-state index in [2.05, 4.69) is 35.0 Å². The maximum absolute atomic E-state index is 4.43. The quantitative estimate of drug-likeness (QED) is 0.821. The van der Waals surface area contributed by atoms with Crippen molar-refractivity contribution in [2.75, 3.05) is 13.1 Å². The zero-order chi connectivity index (χ0) is 10.7. The van der Waals surface area contributed by atoms with Gasteiger partial charge in [0.05, 0.1) is 0 Å². The Kier molecular flexibility index (Phi) is 3.41. The fourth-order valence-electron chi connectivity index (χ4n) is 2.31. The number of nitrogens with zero attached hydrogens (tertiary/aromatic N) is 2.